The molecule has 0 saturated carbocycles. The number of aromatic nitrogens is 2. The standard InChI is InChI=1S/C34H47N5O5Si/c1-9-32(40)35-30-21-25(39-16-14-26(15-17-39)44-45(7,8)34(2,3)4)12-13-29(30)33(41)36-31-20-24(37-38-31)11-10-23-18-27(42-5)22-28(19-23)43-6/h9,12-13,18-22,26H,1,10-11,14-17H2,2-8H3,(H,35,40)(H2,36,37,38,41). The van der Waals surface area contributed by atoms with Crippen molar-refractivity contribution in [2.24, 2.45) is 0 Å². The number of piperidine rings is 1. The van der Waals surface area contributed by atoms with Crippen LogP contribution >= 0.6 is 0 Å². The normalized spacial score (nSPS) is 14.2. The van der Waals surface area contributed by atoms with Crippen molar-refractivity contribution in [3.63, 3.8) is 0 Å². The second-order valence-electron chi connectivity index (χ2n) is 12.9. The van der Waals surface area contributed by atoms with Crippen LogP contribution in [0.3, 0.4) is 0 Å². The first-order valence-electron chi connectivity index (χ1n) is 15.4. The molecular formula is C34H47N5O5Si. The predicted molar refractivity (Wildman–Crippen MR) is 182 cm³/mol. The molecule has 4 rings (SSSR count). The second-order valence-corrected chi connectivity index (χ2v) is 17.7. The highest BCUT2D eigenvalue weighted by Crippen LogP contribution is 2.39. The number of carbonyl (C=O) groups is 2. The molecule has 0 bridgehead atoms. The Labute approximate surface area is 267 Å². The van der Waals surface area contributed by atoms with E-state index in [1.54, 1.807) is 20.3 Å². The Morgan fingerprint density at radius 1 is 1.02 bits per heavy atom. The van der Waals surface area contributed by atoms with Gasteiger partial charge in [0, 0.05) is 42.7 Å². The molecule has 11 heteroatoms. The van der Waals surface area contributed by atoms with Gasteiger partial charge in [-0.3, -0.25) is 14.7 Å². The van der Waals surface area contributed by atoms with Crippen molar-refractivity contribution in [1.82, 2.24) is 10.2 Å². The number of ether oxygens (including phenoxy) is 2. The molecule has 45 heavy (non-hydrogen) atoms. The minimum absolute atomic E-state index is 0.168. The van der Waals surface area contributed by atoms with Crippen LogP contribution in [0.4, 0.5) is 17.2 Å². The van der Waals surface area contributed by atoms with Crippen molar-refractivity contribution >= 4 is 37.3 Å². The summed E-state index contributed by atoms with van der Waals surface area (Å²) >= 11 is 0. The van der Waals surface area contributed by atoms with Gasteiger partial charge in [0.2, 0.25) is 5.91 Å². The van der Waals surface area contributed by atoms with Gasteiger partial charge in [-0.25, -0.2) is 0 Å². The number of benzene rings is 2. The van der Waals surface area contributed by atoms with Gasteiger partial charge >= 0.3 is 0 Å². The van der Waals surface area contributed by atoms with Crippen LogP contribution in [0.1, 0.15) is 55.2 Å². The summed E-state index contributed by atoms with van der Waals surface area (Å²) in [4.78, 5) is 28.0. The van der Waals surface area contributed by atoms with E-state index in [4.69, 9.17) is 13.9 Å². The van der Waals surface area contributed by atoms with Gasteiger partial charge in [-0.2, -0.15) is 5.10 Å². The minimum Gasteiger partial charge on any atom is -0.497 e. The van der Waals surface area contributed by atoms with Crippen molar-refractivity contribution in [2.75, 3.05) is 42.8 Å². The highest BCUT2D eigenvalue weighted by Gasteiger charge is 2.39. The topological polar surface area (TPSA) is 118 Å². The van der Waals surface area contributed by atoms with Crippen molar-refractivity contribution in [2.45, 2.75) is 70.7 Å². The van der Waals surface area contributed by atoms with Crippen molar-refractivity contribution in [1.29, 1.82) is 0 Å². The first kappa shape index (κ1) is 33.8. The number of nitrogens with one attached hydrogen (secondary N) is 3. The van der Waals surface area contributed by atoms with Gasteiger partial charge in [0.25, 0.3) is 5.91 Å². The predicted octanol–water partition coefficient (Wildman–Crippen LogP) is 6.58. The van der Waals surface area contributed by atoms with Crippen LogP contribution < -0.4 is 25.0 Å². The van der Waals surface area contributed by atoms with E-state index in [1.807, 2.05) is 36.4 Å². The average Bonchev–Trinajstić information content (AvgIpc) is 3.46. The minimum atomic E-state index is -1.84. The van der Waals surface area contributed by atoms with Crippen molar-refractivity contribution < 1.29 is 23.5 Å². The fourth-order valence-corrected chi connectivity index (χ4v) is 6.49. The molecule has 0 unspecified atom stereocenters. The van der Waals surface area contributed by atoms with E-state index in [0.717, 1.165) is 60.8 Å². The van der Waals surface area contributed by atoms with Crippen LogP contribution in [-0.2, 0) is 22.1 Å². The number of carbonyl (C=O) groups excluding carboxylic acids is 2. The third-order valence-electron chi connectivity index (χ3n) is 8.73. The molecule has 0 spiro atoms. The summed E-state index contributed by atoms with van der Waals surface area (Å²) in [6.07, 6.45) is 4.68. The maximum Gasteiger partial charge on any atom is 0.258 e. The maximum absolute atomic E-state index is 13.4. The third-order valence-corrected chi connectivity index (χ3v) is 13.3. The summed E-state index contributed by atoms with van der Waals surface area (Å²) in [5.41, 5.74) is 3.60. The SMILES string of the molecule is C=CC(=O)Nc1cc(N2CCC(O[Si](C)(C)C(C)(C)C)CC2)ccc1C(=O)Nc1cc(CCc2cc(OC)cc(OC)c2)[nH]n1. The Kier molecular flexibility index (Phi) is 10.8. The summed E-state index contributed by atoms with van der Waals surface area (Å²) < 4.78 is 17.4. The van der Waals surface area contributed by atoms with Crippen LogP contribution in [-0.4, -0.2) is 63.7 Å². The largest absolute Gasteiger partial charge is 0.497 e. The number of methoxy groups -OCH3 is 2. The zero-order valence-corrected chi connectivity index (χ0v) is 28.6. The molecule has 0 aliphatic carbocycles. The molecule has 2 amide bonds. The summed E-state index contributed by atoms with van der Waals surface area (Å²) in [5.74, 6) is 1.09. The van der Waals surface area contributed by atoms with E-state index in [9.17, 15) is 9.59 Å². The summed E-state index contributed by atoms with van der Waals surface area (Å²) in [6, 6.07) is 13.1. The number of nitrogens with zero attached hydrogens (tertiary/aromatic N) is 2. The molecule has 1 aliphatic heterocycles. The lowest BCUT2D eigenvalue weighted by molar-refractivity contribution is -0.111. The van der Waals surface area contributed by atoms with E-state index in [2.05, 4.69) is 66.2 Å². The summed E-state index contributed by atoms with van der Waals surface area (Å²) in [6.45, 7) is 16.6. The monoisotopic (exact) mass is 633 g/mol. The number of aryl methyl sites for hydroxylation is 2. The Morgan fingerprint density at radius 3 is 2.29 bits per heavy atom. The molecule has 0 radical (unpaired) electrons. The zero-order chi connectivity index (χ0) is 32.8. The second kappa shape index (κ2) is 14.3. The Hall–Kier alpha value is -4.09. The number of rotatable bonds is 12. The van der Waals surface area contributed by atoms with Crippen LogP contribution in [0.25, 0.3) is 0 Å². The molecule has 10 nitrogen and oxygen atoms in total. The van der Waals surface area contributed by atoms with Crippen molar-refractivity contribution in [3.05, 3.63) is 71.9 Å². The maximum atomic E-state index is 13.4. The number of hydrogen-bond donors (Lipinski definition) is 3. The van der Waals surface area contributed by atoms with Gasteiger partial charge in [-0.15, -0.1) is 0 Å². The number of anilines is 3. The van der Waals surface area contributed by atoms with Gasteiger partial charge < -0.3 is 29.4 Å². The molecular weight excluding hydrogens is 586 g/mol. The molecule has 3 N–H and O–H groups in total. The fraction of sp³-hybridized carbons (Fsp3) is 0.441. The molecule has 2 heterocycles. The fourth-order valence-electron chi connectivity index (χ4n) is 5.07. The summed E-state index contributed by atoms with van der Waals surface area (Å²) in [7, 11) is 1.41. The quantitative estimate of drug-likeness (QED) is 0.152. The van der Waals surface area contributed by atoms with Crippen LogP contribution in [0.2, 0.25) is 18.1 Å². The lowest BCUT2D eigenvalue weighted by atomic mass is 10.1. The van der Waals surface area contributed by atoms with Crippen LogP contribution in [0, 0.1) is 0 Å². The average molecular weight is 634 g/mol. The van der Waals surface area contributed by atoms with Crippen LogP contribution in [0.5, 0.6) is 11.5 Å². The highest BCUT2D eigenvalue weighted by molar-refractivity contribution is 6.74. The number of H-pyrrole nitrogens is 1. The molecule has 0 atom stereocenters. The smallest absolute Gasteiger partial charge is 0.258 e. The highest BCUT2D eigenvalue weighted by atomic mass is 28.4. The number of hydrogen-bond acceptors (Lipinski definition) is 7. The van der Waals surface area contributed by atoms with E-state index < -0.39 is 8.32 Å². The van der Waals surface area contributed by atoms with Gasteiger partial charge in [0.05, 0.1) is 25.5 Å². The van der Waals surface area contributed by atoms with E-state index >= 15 is 0 Å². The van der Waals surface area contributed by atoms with Gasteiger partial charge in [-0.05, 0) is 85.8 Å². The first-order valence-corrected chi connectivity index (χ1v) is 18.3. The lowest BCUT2D eigenvalue weighted by Gasteiger charge is -2.42. The van der Waals surface area contributed by atoms with E-state index in [0.29, 0.717) is 23.5 Å². The Balaban J connectivity index is 1.42. The lowest BCUT2D eigenvalue weighted by Crippen LogP contribution is -2.47. The van der Waals surface area contributed by atoms with Crippen molar-refractivity contribution in [3.8, 4) is 11.5 Å². The molecule has 3 aromatic rings. The number of amides is 2. The van der Waals surface area contributed by atoms with Crippen LogP contribution in [0.15, 0.2) is 55.1 Å². The van der Waals surface area contributed by atoms with Gasteiger partial charge in [-0.1, -0.05) is 27.4 Å². The molecule has 1 aromatic heterocycles. The van der Waals surface area contributed by atoms with E-state index in [1.165, 1.54) is 6.08 Å². The van der Waals surface area contributed by atoms with Gasteiger partial charge in [0.1, 0.15) is 11.5 Å². The molecule has 1 aliphatic rings. The number of aromatic amines is 1. The molecule has 2 aromatic carbocycles. The summed E-state index contributed by atoms with van der Waals surface area (Å²) in [5, 5.41) is 13.1. The zero-order valence-electron chi connectivity index (χ0n) is 27.6. The Bertz CT molecular complexity index is 1480. The third kappa shape index (κ3) is 8.76. The molecule has 242 valence electrons. The first-order chi connectivity index (χ1) is 21.3. The van der Waals surface area contributed by atoms with E-state index in [-0.39, 0.29) is 23.0 Å². The van der Waals surface area contributed by atoms with Gasteiger partial charge in [0.15, 0.2) is 14.1 Å². The Morgan fingerprint density at radius 2 is 1.69 bits per heavy atom. The molecule has 1 saturated heterocycles. The molecule has 1 fully saturated rings.